The molecule has 2 rings (SSSR count). The first kappa shape index (κ1) is 9.99. The van der Waals surface area contributed by atoms with Gasteiger partial charge in [0.05, 0.1) is 12.1 Å². The lowest BCUT2D eigenvalue weighted by atomic mass is 9.99. The summed E-state index contributed by atoms with van der Waals surface area (Å²) in [5.74, 6) is 0. The molecule has 1 aliphatic rings. The molecule has 1 atom stereocenters. The van der Waals surface area contributed by atoms with Gasteiger partial charge in [-0.25, -0.2) is 0 Å². The van der Waals surface area contributed by atoms with Crippen LogP contribution in [0.5, 0.6) is 0 Å². The van der Waals surface area contributed by atoms with Crippen molar-refractivity contribution in [3.8, 4) is 0 Å². The number of ether oxygens (including phenoxy) is 1. The number of nitrogens with one attached hydrogen (secondary N) is 1. The normalized spacial score (nSPS) is 24.5. The maximum atomic E-state index is 5.22. The molecule has 1 aromatic rings. The molecule has 76 valence electrons. The van der Waals surface area contributed by atoms with Gasteiger partial charge in [-0.1, -0.05) is 15.9 Å². The van der Waals surface area contributed by atoms with Crippen molar-refractivity contribution in [2.75, 3.05) is 19.0 Å². The van der Waals surface area contributed by atoms with E-state index in [1.54, 1.807) is 7.11 Å². The van der Waals surface area contributed by atoms with Gasteiger partial charge in [-0.05, 0) is 37.1 Å². The topological polar surface area (TPSA) is 21.3 Å². The quantitative estimate of drug-likeness (QED) is 0.878. The van der Waals surface area contributed by atoms with Crippen LogP contribution in [0.3, 0.4) is 0 Å². The molecule has 0 radical (unpaired) electrons. The third-order valence-corrected chi connectivity index (χ3v) is 3.04. The van der Waals surface area contributed by atoms with Crippen LogP contribution in [0.4, 0.5) is 5.69 Å². The average Bonchev–Trinajstić information content (AvgIpc) is 2.40. The Morgan fingerprint density at radius 1 is 1.57 bits per heavy atom. The van der Waals surface area contributed by atoms with E-state index in [9.17, 15) is 0 Å². The summed E-state index contributed by atoms with van der Waals surface area (Å²) in [6.45, 7) is 2.92. The Morgan fingerprint density at radius 2 is 2.36 bits per heavy atom. The molecule has 0 fully saturated rings. The van der Waals surface area contributed by atoms with Crippen molar-refractivity contribution < 1.29 is 4.74 Å². The van der Waals surface area contributed by atoms with E-state index in [0.29, 0.717) is 0 Å². The van der Waals surface area contributed by atoms with Crippen LogP contribution >= 0.6 is 15.9 Å². The molecular weight excluding hydrogens is 242 g/mol. The number of halogens is 1. The zero-order chi connectivity index (χ0) is 10.2. The molecule has 1 aliphatic heterocycles. The summed E-state index contributed by atoms with van der Waals surface area (Å²) in [7, 11) is 1.74. The zero-order valence-electron chi connectivity index (χ0n) is 8.43. The summed E-state index contributed by atoms with van der Waals surface area (Å²) >= 11 is 3.48. The summed E-state index contributed by atoms with van der Waals surface area (Å²) in [4.78, 5) is 0. The molecule has 0 spiro atoms. The summed E-state index contributed by atoms with van der Waals surface area (Å²) in [6.07, 6.45) is 1.02. The molecule has 1 unspecified atom stereocenters. The van der Waals surface area contributed by atoms with Crippen molar-refractivity contribution in [1.29, 1.82) is 0 Å². The van der Waals surface area contributed by atoms with Gasteiger partial charge in [-0.2, -0.15) is 0 Å². The van der Waals surface area contributed by atoms with Crippen molar-refractivity contribution >= 4 is 21.6 Å². The fourth-order valence-corrected chi connectivity index (χ4v) is 2.43. The number of methoxy groups -OCH3 is 1. The van der Waals surface area contributed by atoms with Crippen molar-refractivity contribution in [2.24, 2.45) is 0 Å². The highest BCUT2D eigenvalue weighted by atomic mass is 79.9. The Kier molecular flexibility index (Phi) is 2.54. The van der Waals surface area contributed by atoms with Gasteiger partial charge >= 0.3 is 0 Å². The van der Waals surface area contributed by atoms with E-state index in [2.05, 4.69) is 46.4 Å². The van der Waals surface area contributed by atoms with Gasteiger partial charge < -0.3 is 10.1 Å². The maximum Gasteiger partial charge on any atom is 0.0693 e. The van der Waals surface area contributed by atoms with Gasteiger partial charge in [0.2, 0.25) is 0 Å². The number of benzene rings is 1. The third-order valence-electron chi connectivity index (χ3n) is 2.55. The first-order valence-electron chi connectivity index (χ1n) is 4.68. The van der Waals surface area contributed by atoms with Crippen LogP contribution in [0.25, 0.3) is 0 Å². The third kappa shape index (κ3) is 1.79. The van der Waals surface area contributed by atoms with Gasteiger partial charge in [0.25, 0.3) is 0 Å². The Hall–Kier alpha value is -0.540. The second-order valence-electron chi connectivity index (χ2n) is 4.10. The standard InChI is InChI=1S/C11H14BrNO/c1-11(7-14-2)6-8-5-9(12)3-4-10(8)13-11/h3-5,13H,6-7H2,1-2H3. The van der Waals surface area contributed by atoms with E-state index >= 15 is 0 Å². The number of hydrogen-bond acceptors (Lipinski definition) is 2. The van der Waals surface area contributed by atoms with Crippen molar-refractivity contribution in [2.45, 2.75) is 18.9 Å². The van der Waals surface area contributed by atoms with Crippen LogP contribution in [0, 0.1) is 0 Å². The van der Waals surface area contributed by atoms with Crippen LogP contribution in [-0.4, -0.2) is 19.3 Å². The fourth-order valence-electron chi connectivity index (χ4n) is 2.03. The summed E-state index contributed by atoms with van der Waals surface area (Å²) < 4.78 is 6.35. The van der Waals surface area contributed by atoms with Gasteiger partial charge in [0.1, 0.15) is 0 Å². The van der Waals surface area contributed by atoms with Gasteiger partial charge in [-0.15, -0.1) is 0 Å². The highest BCUT2D eigenvalue weighted by Crippen LogP contribution is 2.34. The van der Waals surface area contributed by atoms with Crippen LogP contribution in [0.1, 0.15) is 12.5 Å². The molecule has 3 heteroatoms. The van der Waals surface area contributed by atoms with Crippen molar-refractivity contribution in [3.63, 3.8) is 0 Å². The Bertz CT molecular complexity index is 353. The number of rotatable bonds is 2. The highest BCUT2D eigenvalue weighted by molar-refractivity contribution is 9.10. The average molecular weight is 256 g/mol. The van der Waals surface area contributed by atoms with E-state index < -0.39 is 0 Å². The predicted molar refractivity (Wildman–Crippen MR) is 61.7 cm³/mol. The van der Waals surface area contributed by atoms with E-state index in [0.717, 1.165) is 17.5 Å². The molecule has 0 saturated carbocycles. The van der Waals surface area contributed by atoms with Crippen molar-refractivity contribution in [3.05, 3.63) is 28.2 Å². The SMILES string of the molecule is COCC1(C)Cc2cc(Br)ccc2N1. The molecule has 0 bridgehead atoms. The minimum absolute atomic E-state index is 0.0534. The molecule has 1 heterocycles. The molecule has 1 N–H and O–H groups in total. The molecule has 0 aromatic heterocycles. The Labute approximate surface area is 92.8 Å². The zero-order valence-corrected chi connectivity index (χ0v) is 10.0. The second-order valence-corrected chi connectivity index (χ2v) is 5.01. The number of hydrogen-bond donors (Lipinski definition) is 1. The molecular formula is C11H14BrNO. The van der Waals surface area contributed by atoms with Crippen LogP contribution in [0.15, 0.2) is 22.7 Å². The van der Waals surface area contributed by atoms with E-state index in [-0.39, 0.29) is 5.54 Å². The van der Waals surface area contributed by atoms with E-state index in [4.69, 9.17) is 4.74 Å². The number of anilines is 1. The molecule has 14 heavy (non-hydrogen) atoms. The summed E-state index contributed by atoms with van der Waals surface area (Å²) in [5.41, 5.74) is 2.64. The maximum absolute atomic E-state index is 5.22. The molecule has 0 amide bonds. The first-order valence-corrected chi connectivity index (χ1v) is 5.48. The minimum Gasteiger partial charge on any atom is -0.382 e. The summed E-state index contributed by atoms with van der Waals surface area (Å²) in [5, 5.41) is 3.49. The Morgan fingerprint density at radius 3 is 3.07 bits per heavy atom. The number of fused-ring (bicyclic) bond motifs is 1. The lowest BCUT2D eigenvalue weighted by molar-refractivity contribution is 0.153. The van der Waals surface area contributed by atoms with Gasteiger partial charge in [-0.3, -0.25) is 0 Å². The van der Waals surface area contributed by atoms with Crippen LogP contribution < -0.4 is 5.32 Å². The van der Waals surface area contributed by atoms with E-state index in [1.807, 2.05) is 0 Å². The lowest BCUT2D eigenvalue weighted by Crippen LogP contribution is -2.37. The predicted octanol–water partition coefficient (Wildman–Crippen LogP) is 2.82. The lowest BCUT2D eigenvalue weighted by Gasteiger charge is -2.23. The van der Waals surface area contributed by atoms with Crippen molar-refractivity contribution in [1.82, 2.24) is 0 Å². The molecule has 0 aliphatic carbocycles. The Balaban J connectivity index is 2.25. The molecule has 2 nitrogen and oxygen atoms in total. The molecule has 1 aromatic carbocycles. The largest absolute Gasteiger partial charge is 0.382 e. The smallest absolute Gasteiger partial charge is 0.0693 e. The van der Waals surface area contributed by atoms with Gasteiger partial charge in [0, 0.05) is 17.3 Å². The monoisotopic (exact) mass is 255 g/mol. The second kappa shape index (κ2) is 3.55. The first-order chi connectivity index (χ1) is 6.63. The van der Waals surface area contributed by atoms with Crippen LogP contribution in [-0.2, 0) is 11.2 Å². The minimum atomic E-state index is 0.0534. The van der Waals surface area contributed by atoms with E-state index in [1.165, 1.54) is 11.3 Å². The highest BCUT2D eigenvalue weighted by Gasteiger charge is 2.31. The molecule has 0 saturated heterocycles. The van der Waals surface area contributed by atoms with Crippen LogP contribution in [0.2, 0.25) is 0 Å². The fraction of sp³-hybridized carbons (Fsp3) is 0.455. The van der Waals surface area contributed by atoms with Gasteiger partial charge in [0.15, 0.2) is 0 Å². The summed E-state index contributed by atoms with van der Waals surface area (Å²) in [6, 6.07) is 6.34.